The van der Waals surface area contributed by atoms with Crippen molar-refractivity contribution in [1.29, 1.82) is 0 Å². The predicted molar refractivity (Wildman–Crippen MR) is 260 cm³/mol. The first-order chi connectivity index (χ1) is 30.0. The summed E-state index contributed by atoms with van der Waals surface area (Å²) in [4.78, 5) is 5.33. The lowest BCUT2D eigenvalue weighted by molar-refractivity contribution is 0.660. The van der Waals surface area contributed by atoms with Crippen molar-refractivity contribution in [1.82, 2.24) is 9.38 Å². The molecule has 0 bridgehead atoms. The fourth-order valence-electron chi connectivity index (χ4n) is 10.3. The normalized spacial score (nSPS) is 13.2. The second-order valence-electron chi connectivity index (χ2n) is 17.1. The van der Waals surface area contributed by atoms with Gasteiger partial charge in [-0.1, -0.05) is 178 Å². The Bertz CT molecular complexity index is 3760. The number of aromatic nitrogens is 2. The van der Waals surface area contributed by atoms with Crippen molar-refractivity contribution in [2.75, 3.05) is 0 Å². The van der Waals surface area contributed by atoms with Crippen molar-refractivity contribution in [3.05, 3.63) is 205 Å². The number of hydrogen-bond donors (Lipinski definition) is 0. The van der Waals surface area contributed by atoms with Crippen LogP contribution in [0.1, 0.15) is 25.0 Å². The van der Waals surface area contributed by atoms with Crippen LogP contribution in [0.2, 0.25) is 0 Å². The lowest BCUT2D eigenvalue weighted by Gasteiger charge is -2.22. The van der Waals surface area contributed by atoms with Crippen LogP contribution in [0.5, 0.6) is 0 Å². The Morgan fingerprint density at radius 2 is 0.984 bits per heavy atom. The van der Waals surface area contributed by atoms with Gasteiger partial charge in [0.05, 0.1) is 21.4 Å². The van der Waals surface area contributed by atoms with Crippen molar-refractivity contribution in [2.24, 2.45) is 0 Å². The summed E-state index contributed by atoms with van der Waals surface area (Å²) in [6.45, 7) is 4.70. The molecule has 0 saturated carbocycles. The summed E-state index contributed by atoms with van der Waals surface area (Å²) >= 11 is 1.83. The van der Waals surface area contributed by atoms with E-state index < -0.39 is 0 Å². The second-order valence-corrected chi connectivity index (χ2v) is 18.2. The minimum absolute atomic E-state index is 0.0201. The highest BCUT2D eigenvalue weighted by atomic mass is 32.1. The molecule has 0 saturated heterocycles. The number of rotatable bonds is 4. The van der Waals surface area contributed by atoms with Crippen molar-refractivity contribution in [3.8, 4) is 55.8 Å². The first kappa shape index (κ1) is 34.5. The van der Waals surface area contributed by atoms with Crippen molar-refractivity contribution < 1.29 is 0 Å². The topological polar surface area (TPSA) is 17.3 Å². The number of pyridine rings is 1. The predicted octanol–water partition coefficient (Wildman–Crippen LogP) is 16.1. The SMILES string of the molecule is CC1(C)c2ccccc2-c2ccc(-c3ccc(-c4ccc(-c5ccc(-c6cc7c8ccccc8sc7c7nc8cc9ccccc9cc8n67)cc5)c5ccccc45)cc3)cc21. The zero-order valence-corrected chi connectivity index (χ0v) is 34.6. The van der Waals surface area contributed by atoms with Crippen LogP contribution in [0.4, 0.5) is 0 Å². The van der Waals surface area contributed by atoms with Crippen LogP contribution in [-0.4, -0.2) is 9.38 Å². The molecule has 1 aliphatic carbocycles. The van der Waals surface area contributed by atoms with Crippen LogP contribution in [0.25, 0.3) is 114 Å². The van der Waals surface area contributed by atoms with Gasteiger partial charge in [0.15, 0.2) is 5.65 Å². The minimum Gasteiger partial charge on any atom is -0.291 e. The molecule has 0 aliphatic heterocycles. The summed E-state index contributed by atoms with van der Waals surface area (Å²) < 4.78 is 4.89. The highest BCUT2D eigenvalue weighted by molar-refractivity contribution is 7.26. The fourth-order valence-corrected chi connectivity index (χ4v) is 11.5. The molecule has 0 amide bonds. The third-order valence-electron chi connectivity index (χ3n) is 13.4. The van der Waals surface area contributed by atoms with E-state index in [2.05, 4.69) is 212 Å². The summed E-state index contributed by atoms with van der Waals surface area (Å²) in [7, 11) is 0. The average Bonchev–Trinajstić information content (AvgIpc) is 3.95. The fraction of sp³-hybridized carbons (Fsp3) is 0.0517. The molecule has 0 fully saturated rings. The molecule has 13 rings (SSSR count). The molecular formula is C58H38N2S. The monoisotopic (exact) mass is 794 g/mol. The Morgan fingerprint density at radius 1 is 0.426 bits per heavy atom. The number of thiophene rings is 1. The van der Waals surface area contributed by atoms with Gasteiger partial charge in [0.2, 0.25) is 0 Å². The molecule has 9 aromatic carbocycles. The van der Waals surface area contributed by atoms with E-state index in [0.29, 0.717) is 0 Å². The summed E-state index contributed by atoms with van der Waals surface area (Å²) in [5.74, 6) is 0. The Labute approximate surface area is 357 Å². The van der Waals surface area contributed by atoms with Crippen LogP contribution in [0, 0.1) is 0 Å². The largest absolute Gasteiger partial charge is 0.291 e. The van der Waals surface area contributed by atoms with Crippen molar-refractivity contribution in [3.63, 3.8) is 0 Å². The molecule has 0 spiro atoms. The van der Waals surface area contributed by atoms with Gasteiger partial charge >= 0.3 is 0 Å². The maximum atomic E-state index is 5.33. The van der Waals surface area contributed by atoms with Crippen molar-refractivity contribution >= 4 is 69.7 Å². The minimum atomic E-state index is -0.0201. The molecule has 3 heterocycles. The third kappa shape index (κ3) is 5.11. The Balaban J connectivity index is 0.885. The molecule has 2 nitrogen and oxygen atoms in total. The molecule has 1 aliphatic rings. The summed E-state index contributed by atoms with van der Waals surface area (Å²) in [6, 6.07) is 71.9. The molecule has 61 heavy (non-hydrogen) atoms. The molecule has 0 radical (unpaired) electrons. The summed E-state index contributed by atoms with van der Waals surface area (Å²) in [5.41, 5.74) is 18.4. The Morgan fingerprint density at radius 3 is 1.72 bits per heavy atom. The Kier molecular flexibility index (Phi) is 7.26. The van der Waals surface area contributed by atoms with Crippen LogP contribution < -0.4 is 0 Å². The number of imidazole rings is 1. The van der Waals surface area contributed by atoms with Gasteiger partial charge in [-0.3, -0.25) is 4.40 Å². The van der Waals surface area contributed by atoms with E-state index in [1.54, 1.807) is 0 Å². The van der Waals surface area contributed by atoms with E-state index in [4.69, 9.17) is 4.98 Å². The van der Waals surface area contributed by atoms with Gasteiger partial charge in [0, 0.05) is 20.9 Å². The van der Waals surface area contributed by atoms with Crippen molar-refractivity contribution in [2.45, 2.75) is 19.3 Å². The first-order valence-electron chi connectivity index (χ1n) is 21.1. The maximum absolute atomic E-state index is 5.33. The van der Waals surface area contributed by atoms with E-state index in [1.807, 2.05) is 11.3 Å². The smallest absolute Gasteiger partial charge is 0.156 e. The van der Waals surface area contributed by atoms with Gasteiger partial charge in [-0.05, 0) is 113 Å². The quantitative estimate of drug-likeness (QED) is 0.173. The second kappa shape index (κ2) is 12.8. The van der Waals surface area contributed by atoms with Gasteiger partial charge in [0.1, 0.15) is 0 Å². The molecular weight excluding hydrogens is 757 g/mol. The lowest BCUT2D eigenvalue weighted by atomic mass is 9.81. The van der Waals surface area contributed by atoms with Gasteiger partial charge < -0.3 is 0 Å². The number of fused-ring (bicyclic) bond motifs is 12. The molecule has 12 aromatic rings. The molecule has 3 aromatic heterocycles. The van der Waals surface area contributed by atoms with E-state index in [0.717, 1.165) is 27.9 Å². The van der Waals surface area contributed by atoms with Crippen LogP contribution >= 0.6 is 11.3 Å². The van der Waals surface area contributed by atoms with Crippen LogP contribution in [0.3, 0.4) is 0 Å². The molecule has 0 N–H and O–H groups in total. The van der Waals surface area contributed by atoms with E-state index in [9.17, 15) is 0 Å². The maximum Gasteiger partial charge on any atom is 0.156 e. The van der Waals surface area contributed by atoms with E-state index in [-0.39, 0.29) is 5.41 Å². The molecule has 286 valence electrons. The van der Waals surface area contributed by atoms with Gasteiger partial charge in [0.25, 0.3) is 0 Å². The van der Waals surface area contributed by atoms with E-state index >= 15 is 0 Å². The summed E-state index contributed by atoms with van der Waals surface area (Å²) in [6.07, 6.45) is 0. The van der Waals surface area contributed by atoms with Gasteiger partial charge in [-0.25, -0.2) is 4.98 Å². The van der Waals surface area contributed by atoms with E-state index in [1.165, 1.54) is 97.4 Å². The van der Waals surface area contributed by atoms with Crippen LogP contribution in [-0.2, 0) is 5.41 Å². The van der Waals surface area contributed by atoms with Crippen LogP contribution in [0.15, 0.2) is 194 Å². The lowest BCUT2D eigenvalue weighted by Crippen LogP contribution is -2.14. The zero-order valence-electron chi connectivity index (χ0n) is 33.8. The standard InChI is InChI=1S/C58H38N2S/c1-58(2)50-17-9-7-15-46(50)47-28-27-41(31-51(47)58)35-19-21-36(22-20-35)42-29-30-43(45-14-6-5-13-44(42)45)37-23-25-38(26-24-37)53-34-49-48-16-8-10-18-55(48)61-56(49)57-59-52-32-39-11-3-4-12-40(39)33-54(52)60(53)57/h3-34H,1-2H3. The Hall–Kier alpha value is -7.33. The highest BCUT2D eigenvalue weighted by Crippen LogP contribution is 2.50. The molecule has 3 heteroatoms. The number of nitrogens with zero attached hydrogens (tertiary/aromatic N) is 2. The first-order valence-corrected chi connectivity index (χ1v) is 21.9. The zero-order chi connectivity index (χ0) is 40.4. The molecule has 0 atom stereocenters. The van der Waals surface area contributed by atoms with Gasteiger partial charge in [-0.2, -0.15) is 0 Å². The number of hydrogen-bond acceptors (Lipinski definition) is 2. The van der Waals surface area contributed by atoms with Gasteiger partial charge in [-0.15, -0.1) is 11.3 Å². The number of benzene rings is 9. The summed E-state index contributed by atoms with van der Waals surface area (Å²) in [5, 5.41) is 7.46. The highest BCUT2D eigenvalue weighted by Gasteiger charge is 2.35. The molecule has 0 unspecified atom stereocenters. The third-order valence-corrected chi connectivity index (χ3v) is 14.6. The average molecular weight is 795 g/mol.